The van der Waals surface area contributed by atoms with Crippen LogP contribution in [0.1, 0.15) is 5.56 Å². The van der Waals surface area contributed by atoms with E-state index in [-0.39, 0.29) is 5.69 Å². The van der Waals surface area contributed by atoms with Crippen LogP contribution in [0.25, 0.3) is 0 Å². The van der Waals surface area contributed by atoms with Gasteiger partial charge in [-0.15, -0.1) is 11.8 Å². The maximum Gasteiger partial charge on any atom is 0.293 e. The first-order valence-electron chi connectivity index (χ1n) is 5.33. The van der Waals surface area contributed by atoms with E-state index in [0.29, 0.717) is 11.4 Å². The summed E-state index contributed by atoms with van der Waals surface area (Å²) in [6.45, 7) is 0. The van der Waals surface area contributed by atoms with E-state index in [1.54, 1.807) is 24.4 Å². The molecule has 0 saturated carbocycles. The van der Waals surface area contributed by atoms with Gasteiger partial charge in [-0.3, -0.25) is 16.0 Å². The fraction of sp³-hybridized carbons (Fsp3) is 0.0909. The van der Waals surface area contributed by atoms with E-state index in [4.69, 9.17) is 5.84 Å². The van der Waals surface area contributed by atoms with Gasteiger partial charge < -0.3 is 5.43 Å². The number of thioether (sulfide) groups is 1. The zero-order valence-corrected chi connectivity index (χ0v) is 10.6. The Bertz CT molecular complexity index is 579. The molecule has 2 rings (SSSR count). The van der Waals surface area contributed by atoms with Crippen molar-refractivity contribution in [2.24, 2.45) is 5.84 Å². The van der Waals surface area contributed by atoms with E-state index in [1.807, 2.05) is 0 Å². The van der Waals surface area contributed by atoms with Crippen molar-refractivity contribution in [3.63, 3.8) is 0 Å². The van der Waals surface area contributed by atoms with Gasteiger partial charge in [0.05, 0.1) is 9.95 Å². The highest BCUT2D eigenvalue weighted by Gasteiger charge is 2.13. The van der Waals surface area contributed by atoms with Crippen LogP contribution in [0.5, 0.6) is 0 Å². The van der Waals surface area contributed by atoms with Crippen molar-refractivity contribution in [2.75, 3.05) is 5.43 Å². The summed E-state index contributed by atoms with van der Waals surface area (Å²) in [5, 5.41) is 11.6. The zero-order valence-electron chi connectivity index (χ0n) is 9.81. The Morgan fingerprint density at radius 1 is 1.42 bits per heavy atom. The van der Waals surface area contributed by atoms with Crippen molar-refractivity contribution >= 4 is 23.1 Å². The number of nitrogens with one attached hydrogen (secondary N) is 1. The van der Waals surface area contributed by atoms with Crippen LogP contribution in [-0.4, -0.2) is 14.9 Å². The average molecular weight is 277 g/mol. The fourth-order valence-electron chi connectivity index (χ4n) is 1.47. The molecule has 0 amide bonds. The number of anilines is 1. The molecule has 0 saturated heterocycles. The monoisotopic (exact) mass is 277 g/mol. The molecule has 0 aliphatic rings. The lowest BCUT2D eigenvalue weighted by molar-refractivity contribution is -0.384. The zero-order chi connectivity index (χ0) is 13.7. The van der Waals surface area contributed by atoms with Crippen LogP contribution in [-0.2, 0) is 5.75 Å². The van der Waals surface area contributed by atoms with E-state index in [1.165, 1.54) is 24.2 Å². The van der Waals surface area contributed by atoms with Gasteiger partial charge in [-0.25, -0.2) is 9.97 Å². The van der Waals surface area contributed by atoms with Gasteiger partial charge in [0.1, 0.15) is 12.0 Å². The molecule has 1 aromatic carbocycles. The predicted octanol–water partition coefficient (Wildman–Crippen LogP) is 1.96. The Morgan fingerprint density at radius 2 is 2.26 bits per heavy atom. The summed E-state index contributed by atoms with van der Waals surface area (Å²) in [7, 11) is 0. The van der Waals surface area contributed by atoms with Gasteiger partial charge in [0.25, 0.3) is 5.69 Å². The second kappa shape index (κ2) is 6.12. The minimum atomic E-state index is -0.476. The smallest absolute Gasteiger partial charge is 0.293 e. The second-order valence-corrected chi connectivity index (χ2v) is 4.58. The molecule has 19 heavy (non-hydrogen) atoms. The normalized spacial score (nSPS) is 10.2. The summed E-state index contributed by atoms with van der Waals surface area (Å²) < 4.78 is 0. The Morgan fingerprint density at radius 3 is 2.89 bits per heavy atom. The van der Waals surface area contributed by atoms with Gasteiger partial charge in [-0.05, 0) is 17.7 Å². The third-order valence-corrected chi connectivity index (χ3v) is 3.37. The van der Waals surface area contributed by atoms with E-state index < -0.39 is 4.92 Å². The van der Waals surface area contributed by atoms with Gasteiger partial charge in [-0.1, -0.05) is 6.07 Å². The van der Waals surface area contributed by atoms with E-state index in [2.05, 4.69) is 15.4 Å². The van der Waals surface area contributed by atoms with Crippen LogP contribution in [0.4, 0.5) is 11.4 Å². The topological polar surface area (TPSA) is 107 Å². The number of rotatable bonds is 5. The maximum atomic E-state index is 10.8. The Kier molecular flexibility index (Phi) is 4.26. The van der Waals surface area contributed by atoms with Gasteiger partial charge in [0.15, 0.2) is 0 Å². The summed E-state index contributed by atoms with van der Waals surface area (Å²) in [5.74, 6) is 5.93. The minimum Gasteiger partial charge on any atom is -0.318 e. The summed E-state index contributed by atoms with van der Waals surface area (Å²) in [6.07, 6.45) is 3.14. The largest absolute Gasteiger partial charge is 0.318 e. The number of hydrogen-bond acceptors (Lipinski definition) is 7. The van der Waals surface area contributed by atoms with Crippen molar-refractivity contribution in [3.8, 4) is 0 Å². The standard InChI is InChI=1S/C11H11N5O2S/c12-15-9-5-8(1-2-10(9)16(17)18)6-19-11-3-4-13-7-14-11/h1-5,7,15H,6,12H2. The van der Waals surface area contributed by atoms with Gasteiger partial charge >= 0.3 is 0 Å². The number of nitrogens with zero attached hydrogens (tertiary/aromatic N) is 3. The minimum absolute atomic E-state index is 0.0433. The molecule has 0 bridgehead atoms. The lowest BCUT2D eigenvalue weighted by Gasteiger charge is -2.05. The molecule has 0 spiro atoms. The van der Waals surface area contributed by atoms with Crippen LogP contribution >= 0.6 is 11.8 Å². The predicted molar refractivity (Wildman–Crippen MR) is 72.5 cm³/mol. The van der Waals surface area contributed by atoms with Crippen molar-refractivity contribution in [1.82, 2.24) is 9.97 Å². The highest BCUT2D eigenvalue weighted by atomic mass is 32.2. The number of benzene rings is 1. The Labute approximate surface area is 113 Å². The molecule has 8 heteroatoms. The van der Waals surface area contributed by atoms with E-state index >= 15 is 0 Å². The number of nitrogen functional groups attached to an aromatic ring is 1. The van der Waals surface area contributed by atoms with Gasteiger partial charge in [-0.2, -0.15) is 0 Å². The Hall–Kier alpha value is -2.19. The summed E-state index contributed by atoms with van der Waals surface area (Å²) in [6, 6.07) is 6.60. The van der Waals surface area contributed by atoms with Gasteiger partial charge in [0.2, 0.25) is 0 Å². The molecule has 0 fully saturated rings. The summed E-state index contributed by atoms with van der Waals surface area (Å²) in [4.78, 5) is 18.2. The van der Waals surface area contributed by atoms with E-state index in [0.717, 1.165) is 10.6 Å². The van der Waals surface area contributed by atoms with Crippen molar-refractivity contribution < 1.29 is 4.92 Å². The highest BCUT2D eigenvalue weighted by molar-refractivity contribution is 7.98. The molecule has 2 aromatic rings. The molecular formula is C11H11N5O2S. The molecule has 1 heterocycles. The van der Waals surface area contributed by atoms with Crippen LogP contribution in [0.2, 0.25) is 0 Å². The molecule has 1 aromatic heterocycles. The lowest BCUT2D eigenvalue weighted by atomic mass is 10.2. The van der Waals surface area contributed by atoms with Crippen LogP contribution < -0.4 is 11.3 Å². The molecule has 7 nitrogen and oxygen atoms in total. The maximum absolute atomic E-state index is 10.8. The van der Waals surface area contributed by atoms with Gasteiger partial charge in [0, 0.05) is 18.0 Å². The molecule has 0 unspecified atom stereocenters. The quantitative estimate of drug-likeness (QED) is 0.283. The van der Waals surface area contributed by atoms with Crippen LogP contribution in [0.15, 0.2) is 41.8 Å². The molecule has 0 aliphatic heterocycles. The van der Waals surface area contributed by atoms with Crippen molar-refractivity contribution in [3.05, 3.63) is 52.5 Å². The number of hydrogen-bond donors (Lipinski definition) is 2. The average Bonchev–Trinajstić information content (AvgIpc) is 2.45. The third kappa shape index (κ3) is 3.39. The first-order chi connectivity index (χ1) is 9.20. The summed E-state index contributed by atoms with van der Waals surface area (Å²) in [5.41, 5.74) is 3.51. The van der Waals surface area contributed by atoms with E-state index in [9.17, 15) is 10.1 Å². The molecule has 0 atom stereocenters. The molecule has 0 radical (unpaired) electrons. The van der Waals surface area contributed by atoms with Crippen molar-refractivity contribution in [1.29, 1.82) is 0 Å². The molecular weight excluding hydrogens is 266 g/mol. The number of nitrogens with two attached hydrogens (primary N) is 1. The lowest BCUT2D eigenvalue weighted by Crippen LogP contribution is -2.09. The first-order valence-corrected chi connectivity index (χ1v) is 6.32. The molecule has 3 N–H and O–H groups in total. The van der Waals surface area contributed by atoms with Crippen LogP contribution in [0.3, 0.4) is 0 Å². The fourth-order valence-corrected chi connectivity index (χ4v) is 2.24. The highest BCUT2D eigenvalue weighted by Crippen LogP contribution is 2.27. The number of nitro benzene ring substituents is 1. The number of aromatic nitrogens is 2. The molecule has 98 valence electrons. The SMILES string of the molecule is NNc1cc(CSc2ccncn2)ccc1[N+](=O)[O-]. The second-order valence-electron chi connectivity index (χ2n) is 3.59. The Balaban J connectivity index is 2.11. The number of hydrazine groups is 1. The first kappa shape index (κ1) is 13.2. The summed E-state index contributed by atoms with van der Waals surface area (Å²) >= 11 is 1.52. The van der Waals surface area contributed by atoms with Crippen molar-refractivity contribution in [2.45, 2.75) is 10.8 Å². The molecule has 0 aliphatic carbocycles. The van der Waals surface area contributed by atoms with Crippen LogP contribution in [0, 0.1) is 10.1 Å². The third-order valence-electron chi connectivity index (χ3n) is 2.35. The number of nitro groups is 1.